The summed E-state index contributed by atoms with van der Waals surface area (Å²) in [6.07, 6.45) is 5.95. The van der Waals surface area contributed by atoms with E-state index in [1.807, 2.05) is 6.07 Å². The van der Waals surface area contributed by atoms with E-state index in [9.17, 15) is 5.11 Å². The van der Waals surface area contributed by atoms with Crippen LogP contribution in [-0.4, -0.2) is 42.9 Å². The zero-order valence-electron chi connectivity index (χ0n) is 17.2. The van der Waals surface area contributed by atoms with Gasteiger partial charge in [0.25, 0.3) is 0 Å². The highest BCUT2D eigenvalue weighted by molar-refractivity contribution is 5.33. The number of nitrogens with zero attached hydrogens (tertiary/aromatic N) is 1. The van der Waals surface area contributed by atoms with Crippen molar-refractivity contribution in [2.45, 2.75) is 43.6 Å². The van der Waals surface area contributed by atoms with Gasteiger partial charge in [-0.05, 0) is 29.9 Å². The molecule has 2 atom stereocenters. The van der Waals surface area contributed by atoms with E-state index in [-0.39, 0.29) is 18.3 Å². The van der Waals surface area contributed by atoms with Crippen LogP contribution in [0.2, 0.25) is 0 Å². The highest BCUT2D eigenvalue weighted by Gasteiger charge is 2.46. The molecular weight excluding hydrogens is 382 g/mol. The minimum absolute atomic E-state index is 0. The Morgan fingerprint density at radius 3 is 2.10 bits per heavy atom. The largest absolute Gasteiger partial charge is 1.00 e. The molecule has 0 amide bonds. The molecule has 0 radical (unpaired) electrons. The Hall–Kier alpha value is -1.39. The molecule has 4 rings (SSSR count). The second-order valence-corrected chi connectivity index (χ2v) is 8.40. The van der Waals surface area contributed by atoms with Crippen LogP contribution in [0.1, 0.15) is 49.1 Å². The fourth-order valence-corrected chi connectivity index (χ4v) is 5.20. The normalized spacial score (nSPS) is 21.7. The van der Waals surface area contributed by atoms with Gasteiger partial charge in [-0.1, -0.05) is 79.9 Å². The SMILES string of the molecule is OC(c1ccccc1)(C1CCCCC1)C(CN1CCOCC1)c1ccccc1.[Cl-]. The smallest absolute Gasteiger partial charge is 0.100 e. The number of halogens is 1. The van der Waals surface area contributed by atoms with Gasteiger partial charge in [-0.25, -0.2) is 0 Å². The average Bonchev–Trinajstić information content (AvgIpc) is 2.79. The van der Waals surface area contributed by atoms with Gasteiger partial charge in [-0.3, -0.25) is 4.90 Å². The zero-order valence-corrected chi connectivity index (χ0v) is 17.9. The van der Waals surface area contributed by atoms with Gasteiger partial charge < -0.3 is 22.3 Å². The monoisotopic (exact) mass is 414 g/mol. The lowest BCUT2D eigenvalue weighted by Gasteiger charge is -2.46. The van der Waals surface area contributed by atoms with Crippen molar-refractivity contribution in [3.63, 3.8) is 0 Å². The number of hydrogen-bond donors (Lipinski definition) is 1. The number of rotatable bonds is 6. The van der Waals surface area contributed by atoms with Crippen molar-refractivity contribution in [1.82, 2.24) is 4.90 Å². The van der Waals surface area contributed by atoms with Gasteiger partial charge >= 0.3 is 0 Å². The first kappa shape index (κ1) is 22.3. The fraction of sp³-hybridized carbons (Fsp3) is 0.520. The molecule has 4 heteroatoms. The molecule has 1 saturated carbocycles. The summed E-state index contributed by atoms with van der Waals surface area (Å²) < 4.78 is 5.57. The quantitative estimate of drug-likeness (QED) is 0.778. The third-order valence-electron chi connectivity index (χ3n) is 6.74. The summed E-state index contributed by atoms with van der Waals surface area (Å²) in [6, 6.07) is 21.1. The van der Waals surface area contributed by atoms with Crippen molar-refractivity contribution in [2.75, 3.05) is 32.8 Å². The van der Waals surface area contributed by atoms with Crippen molar-refractivity contribution in [2.24, 2.45) is 5.92 Å². The molecule has 1 N–H and O–H groups in total. The Bertz CT molecular complexity index is 714. The number of hydrogen-bond acceptors (Lipinski definition) is 3. The van der Waals surface area contributed by atoms with Gasteiger partial charge in [0.05, 0.1) is 13.2 Å². The Kier molecular flexibility index (Phi) is 8.14. The molecule has 2 fully saturated rings. The Morgan fingerprint density at radius 2 is 1.48 bits per heavy atom. The summed E-state index contributed by atoms with van der Waals surface area (Å²) in [5, 5.41) is 12.5. The van der Waals surface area contributed by atoms with Gasteiger partial charge in [0.2, 0.25) is 0 Å². The summed E-state index contributed by atoms with van der Waals surface area (Å²) in [5.74, 6) is 0.354. The van der Waals surface area contributed by atoms with Crippen molar-refractivity contribution in [1.29, 1.82) is 0 Å². The summed E-state index contributed by atoms with van der Waals surface area (Å²) in [7, 11) is 0. The van der Waals surface area contributed by atoms with E-state index in [0.717, 1.165) is 51.3 Å². The zero-order chi connectivity index (χ0) is 19.2. The molecule has 3 nitrogen and oxygen atoms in total. The number of morpholine rings is 1. The predicted octanol–water partition coefficient (Wildman–Crippen LogP) is 1.57. The second-order valence-electron chi connectivity index (χ2n) is 8.40. The van der Waals surface area contributed by atoms with Crippen LogP contribution in [0.5, 0.6) is 0 Å². The van der Waals surface area contributed by atoms with E-state index in [0.29, 0.717) is 5.92 Å². The Balaban J connectivity index is 0.00000240. The molecule has 0 aromatic heterocycles. The molecule has 0 bridgehead atoms. The lowest BCUT2D eigenvalue weighted by Crippen LogP contribution is -3.00. The van der Waals surface area contributed by atoms with Crippen LogP contribution in [0.4, 0.5) is 0 Å². The van der Waals surface area contributed by atoms with Crippen LogP contribution in [0.25, 0.3) is 0 Å². The maximum Gasteiger partial charge on any atom is 0.100 e. The molecule has 2 aromatic carbocycles. The maximum atomic E-state index is 12.5. The van der Waals surface area contributed by atoms with Crippen molar-refractivity contribution in [3.05, 3.63) is 71.8 Å². The van der Waals surface area contributed by atoms with Crippen LogP contribution in [0.3, 0.4) is 0 Å². The van der Waals surface area contributed by atoms with Crippen LogP contribution in [-0.2, 0) is 10.3 Å². The van der Waals surface area contributed by atoms with E-state index < -0.39 is 5.60 Å². The fourth-order valence-electron chi connectivity index (χ4n) is 5.20. The minimum Gasteiger partial charge on any atom is -1.00 e. The Morgan fingerprint density at radius 1 is 0.897 bits per heavy atom. The number of ether oxygens (including phenoxy) is 1. The minimum atomic E-state index is -0.846. The highest BCUT2D eigenvalue weighted by atomic mass is 35.5. The van der Waals surface area contributed by atoms with Crippen LogP contribution < -0.4 is 12.4 Å². The molecular formula is C25H33ClNO2-. The summed E-state index contributed by atoms with van der Waals surface area (Å²) in [4.78, 5) is 2.47. The second kappa shape index (κ2) is 10.6. The van der Waals surface area contributed by atoms with Crippen LogP contribution >= 0.6 is 0 Å². The van der Waals surface area contributed by atoms with E-state index in [4.69, 9.17) is 4.74 Å². The molecule has 1 heterocycles. The third kappa shape index (κ3) is 5.03. The first-order valence-corrected chi connectivity index (χ1v) is 10.9. The molecule has 0 spiro atoms. The summed E-state index contributed by atoms with van der Waals surface area (Å²) in [5.41, 5.74) is 1.47. The van der Waals surface area contributed by atoms with Crippen molar-refractivity contribution < 1.29 is 22.3 Å². The predicted molar refractivity (Wildman–Crippen MR) is 113 cm³/mol. The van der Waals surface area contributed by atoms with Gasteiger partial charge in [-0.2, -0.15) is 0 Å². The lowest BCUT2D eigenvalue weighted by atomic mass is 9.65. The van der Waals surface area contributed by atoms with Gasteiger partial charge in [-0.15, -0.1) is 0 Å². The van der Waals surface area contributed by atoms with E-state index in [2.05, 4.69) is 59.5 Å². The first-order valence-electron chi connectivity index (χ1n) is 10.9. The number of benzene rings is 2. The standard InChI is InChI=1S/C25H33NO2.ClH/c27-25(22-12-6-2-7-13-22,23-14-8-3-9-15-23)24(21-10-4-1-5-11-21)20-26-16-18-28-19-17-26;/h1-2,4-7,10-13,23-24,27H,3,8-9,14-20H2;1H/p-1. The van der Waals surface area contributed by atoms with Gasteiger partial charge in [0.1, 0.15) is 5.60 Å². The summed E-state index contributed by atoms with van der Waals surface area (Å²) >= 11 is 0. The highest BCUT2D eigenvalue weighted by Crippen LogP contribution is 2.48. The summed E-state index contributed by atoms with van der Waals surface area (Å²) in [6.45, 7) is 4.33. The van der Waals surface area contributed by atoms with E-state index >= 15 is 0 Å². The van der Waals surface area contributed by atoms with Gasteiger partial charge in [0, 0.05) is 25.6 Å². The molecule has 1 aliphatic carbocycles. The van der Waals surface area contributed by atoms with Gasteiger partial charge in [0.15, 0.2) is 0 Å². The molecule has 1 aliphatic heterocycles. The third-order valence-corrected chi connectivity index (χ3v) is 6.74. The molecule has 158 valence electrons. The molecule has 29 heavy (non-hydrogen) atoms. The Labute approximate surface area is 181 Å². The van der Waals surface area contributed by atoms with E-state index in [1.165, 1.54) is 24.8 Å². The lowest BCUT2D eigenvalue weighted by molar-refractivity contribution is -0.0758. The number of aliphatic hydroxyl groups is 1. The molecule has 2 aliphatic rings. The maximum absolute atomic E-state index is 12.5. The molecule has 2 unspecified atom stereocenters. The topological polar surface area (TPSA) is 32.7 Å². The van der Waals surface area contributed by atoms with Crippen molar-refractivity contribution >= 4 is 0 Å². The van der Waals surface area contributed by atoms with Crippen LogP contribution in [0, 0.1) is 5.92 Å². The average molecular weight is 415 g/mol. The van der Waals surface area contributed by atoms with Crippen LogP contribution in [0.15, 0.2) is 60.7 Å². The first-order chi connectivity index (χ1) is 13.8. The van der Waals surface area contributed by atoms with E-state index in [1.54, 1.807) is 0 Å². The molecule has 1 saturated heterocycles. The van der Waals surface area contributed by atoms with Crippen molar-refractivity contribution in [3.8, 4) is 0 Å². The molecule has 2 aromatic rings.